The van der Waals surface area contributed by atoms with Gasteiger partial charge < -0.3 is 10.2 Å². The van der Waals surface area contributed by atoms with E-state index in [1.165, 1.54) is 11.1 Å². The smallest absolute Gasteiger partial charge is 0.352 e. The number of nitrogens with one attached hydrogen (secondary N) is 1. The molecule has 0 aliphatic carbocycles. The number of nitrogens with zero attached hydrogens (tertiary/aromatic N) is 3. The predicted octanol–water partition coefficient (Wildman–Crippen LogP) is 5.93. The van der Waals surface area contributed by atoms with E-state index in [0.717, 1.165) is 16.7 Å². The van der Waals surface area contributed by atoms with E-state index < -0.39 is 41.0 Å². The third kappa shape index (κ3) is 8.34. The summed E-state index contributed by atoms with van der Waals surface area (Å²) in [5.74, 6) is -1.13. The molecular formula is C31H32F6N4O2. The molecule has 2 heterocycles. The topological polar surface area (TPSA) is 65.5 Å². The van der Waals surface area contributed by atoms with Crippen molar-refractivity contribution >= 4 is 11.8 Å². The van der Waals surface area contributed by atoms with Gasteiger partial charge in [0.15, 0.2) is 0 Å². The summed E-state index contributed by atoms with van der Waals surface area (Å²) in [7, 11) is 0. The lowest BCUT2D eigenvalue weighted by Crippen LogP contribution is -2.56. The molecule has 43 heavy (non-hydrogen) atoms. The van der Waals surface area contributed by atoms with Crippen LogP contribution in [0.15, 0.2) is 60.9 Å². The second-order valence-electron chi connectivity index (χ2n) is 10.7. The summed E-state index contributed by atoms with van der Waals surface area (Å²) < 4.78 is 81.0. The minimum Gasteiger partial charge on any atom is -0.352 e. The van der Waals surface area contributed by atoms with Gasteiger partial charge in [0, 0.05) is 50.2 Å². The van der Waals surface area contributed by atoms with Crippen molar-refractivity contribution in [2.45, 2.75) is 45.1 Å². The highest BCUT2D eigenvalue weighted by Crippen LogP contribution is 2.37. The second-order valence-corrected chi connectivity index (χ2v) is 10.7. The first kappa shape index (κ1) is 32.0. The van der Waals surface area contributed by atoms with Crippen molar-refractivity contribution in [3.8, 4) is 0 Å². The highest BCUT2D eigenvalue weighted by atomic mass is 19.4. The van der Waals surface area contributed by atoms with Gasteiger partial charge in [-0.05, 0) is 80.3 Å². The third-order valence-corrected chi connectivity index (χ3v) is 7.57. The Labute approximate surface area is 245 Å². The zero-order valence-corrected chi connectivity index (χ0v) is 23.7. The zero-order valence-electron chi connectivity index (χ0n) is 23.7. The molecule has 1 aromatic heterocycles. The number of rotatable bonds is 8. The summed E-state index contributed by atoms with van der Waals surface area (Å²) in [5, 5.41) is 2.83. The molecule has 0 saturated carbocycles. The van der Waals surface area contributed by atoms with Gasteiger partial charge in [0.05, 0.1) is 16.7 Å². The van der Waals surface area contributed by atoms with Crippen molar-refractivity contribution in [3.05, 3.63) is 99.9 Å². The van der Waals surface area contributed by atoms with Gasteiger partial charge in [0.25, 0.3) is 11.8 Å². The molecule has 230 valence electrons. The molecule has 0 spiro atoms. The highest BCUT2D eigenvalue weighted by molar-refractivity contribution is 5.95. The van der Waals surface area contributed by atoms with Crippen molar-refractivity contribution in [1.29, 1.82) is 0 Å². The Balaban J connectivity index is 1.52. The molecular weight excluding hydrogens is 574 g/mol. The van der Waals surface area contributed by atoms with E-state index in [1.54, 1.807) is 18.3 Å². The Bertz CT molecular complexity index is 1410. The molecule has 1 aliphatic heterocycles. The third-order valence-electron chi connectivity index (χ3n) is 7.57. The van der Waals surface area contributed by atoms with Crippen molar-refractivity contribution in [2.75, 3.05) is 32.7 Å². The first-order valence-corrected chi connectivity index (χ1v) is 13.8. The number of aromatic nitrogens is 1. The van der Waals surface area contributed by atoms with Crippen LogP contribution in [0.5, 0.6) is 0 Å². The number of carbonyl (C=O) groups is 2. The van der Waals surface area contributed by atoms with E-state index >= 15 is 0 Å². The maximum Gasteiger partial charge on any atom is 0.416 e. The lowest BCUT2D eigenvalue weighted by Gasteiger charge is -2.42. The maximum atomic E-state index is 13.6. The molecule has 0 unspecified atom stereocenters. The number of carbonyl (C=O) groups excluding carboxylic acids is 2. The number of piperazine rings is 1. The summed E-state index contributed by atoms with van der Waals surface area (Å²) in [4.78, 5) is 33.2. The van der Waals surface area contributed by atoms with Gasteiger partial charge >= 0.3 is 12.4 Å². The minimum atomic E-state index is -5.06. The van der Waals surface area contributed by atoms with Gasteiger partial charge in [-0.2, -0.15) is 26.3 Å². The molecule has 0 radical (unpaired) electrons. The predicted molar refractivity (Wildman–Crippen MR) is 149 cm³/mol. The monoisotopic (exact) mass is 606 g/mol. The minimum absolute atomic E-state index is 0.0222. The summed E-state index contributed by atoms with van der Waals surface area (Å²) >= 11 is 0. The van der Waals surface area contributed by atoms with Crippen LogP contribution in [0.25, 0.3) is 0 Å². The Kier molecular flexibility index (Phi) is 9.79. The number of amides is 2. The molecule has 12 heteroatoms. The van der Waals surface area contributed by atoms with Gasteiger partial charge in [-0.25, -0.2) is 0 Å². The Morgan fingerprint density at radius 3 is 2.21 bits per heavy atom. The molecule has 2 amide bonds. The van der Waals surface area contributed by atoms with E-state index in [-0.39, 0.29) is 18.5 Å². The normalized spacial score (nSPS) is 16.3. The van der Waals surface area contributed by atoms with Crippen LogP contribution in [0, 0.1) is 13.8 Å². The maximum absolute atomic E-state index is 13.6. The molecule has 1 aliphatic rings. The quantitative estimate of drug-likeness (QED) is 0.255. The van der Waals surface area contributed by atoms with Gasteiger partial charge in [0.1, 0.15) is 0 Å². The van der Waals surface area contributed by atoms with Crippen LogP contribution in [0.3, 0.4) is 0 Å². The molecule has 1 saturated heterocycles. The highest BCUT2D eigenvalue weighted by Gasteiger charge is 2.39. The Hall–Kier alpha value is -3.93. The molecule has 3 aromatic rings. The fourth-order valence-electron chi connectivity index (χ4n) is 5.12. The van der Waals surface area contributed by atoms with Crippen LogP contribution >= 0.6 is 0 Å². The first-order chi connectivity index (χ1) is 20.2. The lowest BCUT2D eigenvalue weighted by atomic mass is 9.97. The fourth-order valence-corrected chi connectivity index (χ4v) is 5.12. The van der Waals surface area contributed by atoms with E-state index in [1.807, 2.05) is 32.0 Å². The van der Waals surface area contributed by atoms with E-state index in [2.05, 4.69) is 15.2 Å². The average Bonchev–Trinajstić information content (AvgIpc) is 2.96. The number of hydrogen-bond acceptors (Lipinski definition) is 4. The fraction of sp³-hybridized carbons (Fsp3) is 0.387. The van der Waals surface area contributed by atoms with Crippen molar-refractivity contribution in [3.63, 3.8) is 0 Å². The zero-order chi connectivity index (χ0) is 31.4. The van der Waals surface area contributed by atoms with Crippen molar-refractivity contribution < 1.29 is 35.9 Å². The number of hydrogen-bond donors (Lipinski definition) is 1. The van der Waals surface area contributed by atoms with E-state index in [0.29, 0.717) is 56.7 Å². The van der Waals surface area contributed by atoms with Crippen molar-refractivity contribution in [1.82, 2.24) is 20.1 Å². The number of halogens is 6. The van der Waals surface area contributed by atoms with Crippen LogP contribution in [0.1, 0.15) is 55.0 Å². The summed E-state index contributed by atoms with van der Waals surface area (Å²) in [5.41, 5.74) is -0.271. The molecule has 4 rings (SSSR count). The molecule has 1 N–H and O–H groups in total. The van der Waals surface area contributed by atoms with Crippen LogP contribution in [0.2, 0.25) is 0 Å². The van der Waals surface area contributed by atoms with Gasteiger partial charge in [-0.15, -0.1) is 0 Å². The van der Waals surface area contributed by atoms with Gasteiger partial charge in [-0.3, -0.25) is 19.5 Å². The van der Waals surface area contributed by atoms with Crippen molar-refractivity contribution in [2.24, 2.45) is 0 Å². The first-order valence-electron chi connectivity index (χ1n) is 13.8. The second kappa shape index (κ2) is 13.2. The average molecular weight is 607 g/mol. The number of benzene rings is 2. The van der Waals surface area contributed by atoms with Gasteiger partial charge in [-0.1, -0.05) is 18.2 Å². The molecule has 1 atom stereocenters. The van der Waals surface area contributed by atoms with Crippen LogP contribution < -0.4 is 5.32 Å². The number of aryl methyl sites for hydroxylation is 2. The van der Waals surface area contributed by atoms with Gasteiger partial charge in [0.2, 0.25) is 0 Å². The van der Waals surface area contributed by atoms with E-state index in [9.17, 15) is 35.9 Å². The molecule has 0 bridgehead atoms. The number of alkyl halides is 6. The SMILES string of the molecule is Cc1ccc(C[C@@H]2CN(CCCNC(=O)c3cccnc3)CCN2C(=O)c2cc(C(F)(F)F)cc(C(F)(F)F)c2)cc1C. The standard InChI is InChI=1S/C31H32F6N4O2/c1-20-6-7-22(13-21(20)2)14-27-19-40(10-4-9-39-28(42)23-5-3-8-38-18-23)11-12-41(27)29(43)24-15-25(30(32,33)34)17-26(16-24)31(35,36)37/h3,5-8,13,15-18,27H,4,9-12,14,19H2,1-2H3,(H,39,42)/t27-/m1/s1. The summed E-state index contributed by atoms with van der Waals surface area (Å²) in [6.07, 6.45) is -6.12. The van der Waals surface area contributed by atoms with Crippen LogP contribution in [-0.2, 0) is 18.8 Å². The summed E-state index contributed by atoms with van der Waals surface area (Å²) in [6, 6.07) is 9.62. The van der Waals surface area contributed by atoms with E-state index in [4.69, 9.17) is 0 Å². The summed E-state index contributed by atoms with van der Waals surface area (Å²) in [6.45, 7) is 5.71. The Morgan fingerprint density at radius 1 is 0.907 bits per heavy atom. The Morgan fingerprint density at radius 2 is 1.60 bits per heavy atom. The molecule has 6 nitrogen and oxygen atoms in total. The largest absolute Gasteiger partial charge is 0.416 e. The molecule has 2 aromatic carbocycles. The number of pyridine rings is 1. The lowest BCUT2D eigenvalue weighted by molar-refractivity contribution is -0.143. The van der Waals surface area contributed by atoms with Crippen LogP contribution in [-0.4, -0.2) is 65.4 Å². The molecule has 1 fully saturated rings. The van der Waals surface area contributed by atoms with Crippen LogP contribution in [0.4, 0.5) is 26.3 Å².